The molecular formula is C9H5ClN2O4. The second-order valence-electron chi connectivity index (χ2n) is 2.71. The maximum absolute atomic E-state index is 11.2. The summed E-state index contributed by atoms with van der Waals surface area (Å²) in [7, 11) is 1.14. The highest BCUT2D eigenvalue weighted by atomic mass is 35.5. The molecule has 0 spiro atoms. The van der Waals surface area contributed by atoms with E-state index in [9.17, 15) is 14.9 Å². The molecule has 1 aromatic rings. The molecule has 0 amide bonds. The summed E-state index contributed by atoms with van der Waals surface area (Å²) in [5.41, 5.74) is -0.763. The van der Waals surface area contributed by atoms with Crippen LogP contribution in [0.2, 0.25) is 5.02 Å². The van der Waals surface area contributed by atoms with Crippen LogP contribution in [0, 0.1) is 21.4 Å². The van der Waals surface area contributed by atoms with Gasteiger partial charge in [-0.15, -0.1) is 0 Å². The fourth-order valence-electron chi connectivity index (χ4n) is 1.07. The number of carbonyl (C=O) groups is 1. The monoisotopic (exact) mass is 240 g/mol. The number of rotatable bonds is 2. The number of esters is 1. The molecule has 0 aliphatic carbocycles. The minimum Gasteiger partial charge on any atom is -0.465 e. The summed E-state index contributed by atoms with van der Waals surface area (Å²) < 4.78 is 4.41. The highest BCUT2D eigenvalue weighted by molar-refractivity contribution is 6.33. The molecule has 0 atom stereocenters. The van der Waals surface area contributed by atoms with Crippen LogP contribution in [0.5, 0.6) is 0 Å². The Kier molecular flexibility index (Phi) is 3.43. The van der Waals surface area contributed by atoms with Crippen LogP contribution in [-0.2, 0) is 4.74 Å². The van der Waals surface area contributed by atoms with E-state index in [1.54, 1.807) is 6.07 Å². The van der Waals surface area contributed by atoms with E-state index in [4.69, 9.17) is 16.9 Å². The van der Waals surface area contributed by atoms with Crippen LogP contribution >= 0.6 is 11.6 Å². The third kappa shape index (κ3) is 2.10. The van der Waals surface area contributed by atoms with Gasteiger partial charge in [-0.05, 0) is 6.07 Å². The maximum atomic E-state index is 11.2. The number of benzene rings is 1. The average Bonchev–Trinajstić information content (AvgIpc) is 2.27. The predicted molar refractivity (Wildman–Crippen MR) is 54.2 cm³/mol. The van der Waals surface area contributed by atoms with Crippen molar-refractivity contribution in [2.45, 2.75) is 0 Å². The molecule has 6 nitrogen and oxygen atoms in total. The molecule has 0 N–H and O–H groups in total. The Balaban J connectivity index is 3.44. The third-order valence-corrected chi connectivity index (χ3v) is 2.12. The zero-order valence-electron chi connectivity index (χ0n) is 8.06. The first-order valence-electron chi connectivity index (χ1n) is 3.97. The largest absolute Gasteiger partial charge is 0.465 e. The van der Waals surface area contributed by atoms with E-state index >= 15 is 0 Å². The Labute approximate surface area is 95.2 Å². The Morgan fingerprint density at radius 3 is 2.69 bits per heavy atom. The number of nitro benzene ring substituents is 1. The van der Waals surface area contributed by atoms with E-state index in [0.717, 1.165) is 19.2 Å². The van der Waals surface area contributed by atoms with Crippen LogP contribution in [0.3, 0.4) is 0 Å². The number of nitro groups is 1. The summed E-state index contributed by atoms with van der Waals surface area (Å²) in [4.78, 5) is 21.0. The molecule has 82 valence electrons. The number of hydrogen-bond acceptors (Lipinski definition) is 5. The van der Waals surface area contributed by atoms with Gasteiger partial charge < -0.3 is 4.74 Å². The maximum Gasteiger partial charge on any atom is 0.339 e. The van der Waals surface area contributed by atoms with Gasteiger partial charge in [-0.2, -0.15) is 5.26 Å². The standard InChI is InChI=1S/C9H5ClN2O4/c1-16-9(13)6-2-5(4-11)8(12(14)15)3-7(6)10/h2-3H,1H3. The van der Waals surface area contributed by atoms with Crippen LogP contribution in [0.1, 0.15) is 15.9 Å². The number of carbonyl (C=O) groups excluding carboxylic acids is 1. The third-order valence-electron chi connectivity index (χ3n) is 1.81. The molecule has 7 heteroatoms. The van der Waals surface area contributed by atoms with Crippen molar-refractivity contribution < 1.29 is 14.5 Å². The number of hydrogen-bond donors (Lipinski definition) is 0. The normalized spacial score (nSPS) is 9.31. The zero-order valence-corrected chi connectivity index (χ0v) is 8.82. The Morgan fingerprint density at radius 1 is 1.62 bits per heavy atom. The van der Waals surface area contributed by atoms with E-state index in [1.807, 2.05) is 0 Å². The van der Waals surface area contributed by atoms with Crippen molar-refractivity contribution in [2.24, 2.45) is 0 Å². The average molecular weight is 241 g/mol. The Hall–Kier alpha value is -2.13. The van der Waals surface area contributed by atoms with E-state index < -0.39 is 16.6 Å². The highest BCUT2D eigenvalue weighted by Gasteiger charge is 2.20. The van der Waals surface area contributed by atoms with E-state index in [0.29, 0.717) is 0 Å². The van der Waals surface area contributed by atoms with Gasteiger partial charge in [-0.25, -0.2) is 4.79 Å². The predicted octanol–water partition coefficient (Wildman–Crippen LogP) is 1.91. The van der Waals surface area contributed by atoms with Crippen molar-refractivity contribution in [1.82, 2.24) is 0 Å². The van der Waals surface area contributed by atoms with Gasteiger partial charge in [0.15, 0.2) is 0 Å². The van der Waals surface area contributed by atoms with Crippen LogP contribution in [0.4, 0.5) is 5.69 Å². The highest BCUT2D eigenvalue weighted by Crippen LogP contribution is 2.27. The summed E-state index contributed by atoms with van der Waals surface area (Å²) in [5.74, 6) is -0.753. The van der Waals surface area contributed by atoms with Gasteiger partial charge in [0.05, 0.1) is 22.6 Å². The summed E-state index contributed by atoms with van der Waals surface area (Å²) in [6.07, 6.45) is 0. The quantitative estimate of drug-likeness (QED) is 0.447. The molecule has 0 unspecified atom stereocenters. The lowest BCUT2D eigenvalue weighted by molar-refractivity contribution is -0.385. The van der Waals surface area contributed by atoms with Gasteiger partial charge in [0.1, 0.15) is 11.6 Å². The molecule has 16 heavy (non-hydrogen) atoms. The molecule has 0 saturated heterocycles. The van der Waals surface area contributed by atoms with Gasteiger partial charge in [0.2, 0.25) is 0 Å². The van der Waals surface area contributed by atoms with Crippen LogP contribution in [-0.4, -0.2) is 18.0 Å². The fraction of sp³-hybridized carbons (Fsp3) is 0.111. The van der Waals surface area contributed by atoms with E-state index in [-0.39, 0.29) is 16.1 Å². The molecule has 0 fully saturated rings. The van der Waals surface area contributed by atoms with Gasteiger partial charge >= 0.3 is 5.97 Å². The first-order chi connectivity index (χ1) is 7.51. The smallest absolute Gasteiger partial charge is 0.339 e. The molecule has 0 aliphatic rings. The first kappa shape index (κ1) is 11.9. The number of ether oxygens (including phenoxy) is 1. The molecule has 0 aliphatic heterocycles. The van der Waals surface area contributed by atoms with Crippen molar-refractivity contribution in [3.8, 4) is 6.07 Å². The molecule has 1 aromatic carbocycles. The molecule has 0 aromatic heterocycles. The lowest BCUT2D eigenvalue weighted by atomic mass is 10.1. The minimum absolute atomic E-state index is 0.0775. The molecule has 1 rings (SSSR count). The molecule has 0 radical (unpaired) electrons. The molecule has 0 bridgehead atoms. The van der Waals surface area contributed by atoms with Crippen molar-refractivity contribution in [1.29, 1.82) is 5.26 Å². The second-order valence-corrected chi connectivity index (χ2v) is 3.12. The second kappa shape index (κ2) is 4.59. The lowest BCUT2D eigenvalue weighted by Gasteiger charge is -2.02. The Bertz CT molecular complexity index is 507. The number of halogens is 1. The van der Waals surface area contributed by atoms with Crippen LogP contribution in [0.25, 0.3) is 0 Å². The zero-order chi connectivity index (χ0) is 12.3. The van der Waals surface area contributed by atoms with Crippen molar-refractivity contribution >= 4 is 23.3 Å². The van der Waals surface area contributed by atoms with Crippen molar-refractivity contribution in [3.63, 3.8) is 0 Å². The van der Waals surface area contributed by atoms with Gasteiger partial charge in [-0.3, -0.25) is 10.1 Å². The number of methoxy groups -OCH3 is 1. The summed E-state index contributed by atoms with van der Waals surface area (Å²) >= 11 is 5.66. The van der Waals surface area contributed by atoms with Gasteiger partial charge in [0, 0.05) is 6.07 Å². The number of nitrogens with zero attached hydrogens (tertiary/aromatic N) is 2. The Morgan fingerprint density at radius 2 is 2.25 bits per heavy atom. The molecular weight excluding hydrogens is 236 g/mol. The summed E-state index contributed by atoms with van der Waals surface area (Å²) in [5, 5.41) is 19.1. The summed E-state index contributed by atoms with van der Waals surface area (Å²) in [6, 6.07) is 3.60. The first-order valence-corrected chi connectivity index (χ1v) is 4.35. The van der Waals surface area contributed by atoms with Crippen LogP contribution < -0.4 is 0 Å². The van der Waals surface area contributed by atoms with Crippen LogP contribution in [0.15, 0.2) is 12.1 Å². The van der Waals surface area contributed by atoms with Gasteiger partial charge in [0.25, 0.3) is 5.69 Å². The molecule has 0 heterocycles. The minimum atomic E-state index is -0.753. The van der Waals surface area contributed by atoms with Crippen molar-refractivity contribution in [3.05, 3.63) is 38.4 Å². The van der Waals surface area contributed by atoms with E-state index in [2.05, 4.69) is 4.74 Å². The van der Waals surface area contributed by atoms with Crippen molar-refractivity contribution in [2.75, 3.05) is 7.11 Å². The van der Waals surface area contributed by atoms with Gasteiger partial charge in [-0.1, -0.05) is 11.6 Å². The lowest BCUT2D eigenvalue weighted by Crippen LogP contribution is -2.04. The fourth-order valence-corrected chi connectivity index (χ4v) is 1.30. The SMILES string of the molecule is COC(=O)c1cc(C#N)c([N+](=O)[O-])cc1Cl. The van der Waals surface area contributed by atoms with E-state index in [1.165, 1.54) is 0 Å². The molecule has 0 saturated carbocycles. The summed E-state index contributed by atoms with van der Waals surface area (Å²) in [6.45, 7) is 0. The number of nitriles is 1. The topological polar surface area (TPSA) is 93.2 Å².